The molecule has 0 bridgehead atoms. The van der Waals surface area contributed by atoms with Crippen LogP contribution in [-0.2, 0) is 25.1 Å². The van der Waals surface area contributed by atoms with E-state index in [9.17, 15) is 44.3 Å². The standard InChI is InChI=1S/C23H18F9N5O2/c24-21(25,26)14-3-1-13(2-4-14)19-34-18(35-39-19)12-36-5-7-37(8-6-36)20(38)33-17-10-15(22(27,28)29)9-16(11-17)23(30,31)32/h1-4,9-11H,5-8,12H2,(H,33,38). The zero-order chi connectivity index (χ0) is 28.6. The maximum atomic E-state index is 13.1. The third kappa shape index (κ3) is 6.99. The van der Waals surface area contributed by atoms with E-state index >= 15 is 0 Å². The maximum absolute atomic E-state index is 13.1. The molecule has 1 saturated heterocycles. The van der Waals surface area contributed by atoms with E-state index in [1.54, 1.807) is 0 Å². The summed E-state index contributed by atoms with van der Waals surface area (Å²) in [6, 6.07) is 4.10. The molecule has 2 aromatic carbocycles. The Labute approximate surface area is 214 Å². The molecule has 1 aromatic heterocycles. The first-order valence-electron chi connectivity index (χ1n) is 11.2. The Kier molecular flexibility index (Phi) is 7.51. The number of nitrogens with zero attached hydrogens (tertiary/aromatic N) is 4. The van der Waals surface area contributed by atoms with Gasteiger partial charge >= 0.3 is 24.6 Å². The van der Waals surface area contributed by atoms with E-state index in [4.69, 9.17) is 4.52 Å². The van der Waals surface area contributed by atoms with Crippen molar-refractivity contribution >= 4 is 11.7 Å². The van der Waals surface area contributed by atoms with Crippen LogP contribution in [0.4, 0.5) is 50.0 Å². The van der Waals surface area contributed by atoms with Gasteiger partial charge in [-0.2, -0.15) is 44.5 Å². The molecule has 0 unspecified atom stereocenters. The molecule has 0 atom stereocenters. The minimum Gasteiger partial charge on any atom is -0.334 e. The van der Waals surface area contributed by atoms with E-state index in [1.807, 2.05) is 4.90 Å². The Hall–Kier alpha value is -3.82. The van der Waals surface area contributed by atoms with E-state index in [0.29, 0.717) is 12.1 Å². The van der Waals surface area contributed by atoms with Crippen LogP contribution in [0, 0.1) is 0 Å². The molecule has 1 fully saturated rings. The highest BCUT2D eigenvalue weighted by Gasteiger charge is 2.37. The van der Waals surface area contributed by atoms with Crippen molar-refractivity contribution in [3.05, 3.63) is 65.0 Å². The van der Waals surface area contributed by atoms with E-state index in [2.05, 4.69) is 15.5 Å². The zero-order valence-electron chi connectivity index (χ0n) is 19.6. The lowest BCUT2D eigenvalue weighted by atomic mass is 10.1. The number of piperazine rings is 1. The number of urea groups is 1. The van der Waals surface area contributed by atoms with Crippen LogP contribution in [-0.4, -0.2) is 52.2 Å². The van der Waals surface area contributed by atoms with Crippen LogP contribution in [0.3, 0.4) is 0 Å². The van der Waals surface area contributed by atoms with E-state index < -0.39 is 46.9 Å². The average Bonchev–Trinajstić information content (AvgIpc) is 3.31. The minimum absolute atomic E-state index is 0.0102. The Morgan fingerprint density at radius 1 is 0.795 bits per heavy atom. The van der Waals surface area contributed by atoms with Crippen LogP contribution in [0.2, 0.25) is 0 Å². The predicted octanol–water partition coefficient (Wildman–Crippen LogP) is 6.14. The molecule has 2 amide bonds. The van der Waals surface area contributed by atoms with E-state index in [1.165, 1.54) is 17.0 Å². The van der Waals surface area contributed by atoms with Crippen LogP contribution < -0.4 is 5.32 Å². The van der Waals surface area contributed by atoms with Gasteiger partial charge in [0.1, 0.15) is 0 Å². The average molecular weight is 567 g/mol. The van der Waals surface area contributed by atoms with Crippen LogP contribution in [0.1, 0.15) is 22.5 Å². The molecule has 1 aliphatic heterocycles. The summed E-state index contributed by atoms with van der Waals surface area (Å²) >= 11 is 0. The van der Waals surface area contributed by atoms with Crippen LogP contribution >= 0.6 is 0 Å². The Morgan fingerprint density at radius 3 is 1.85 bits per heavy atom. The monoisotopic (exact) mass is 567 g/mol. The van der Waals surface area contributed by atoms with Crippen molar-refractivity contribution in [2.45, 2.75) is 25.1 Å². The molecule has 1 aliphatic rings. The Morgan fingerprint density at radius 2 is 1.33 bits per heavy atom. The summed E-state index contributed by atoms with van der Waals surface area (Å²) in [7, 11) is 0. The number of aromatic nitrogens is 2. The number of hydrogen-bond acceptors (Lipinski definition) is 5. The summed E-state index contributed by atoms with van der Waals surface area (Å²) in [6.07, 6.45) is -14.6. The van der Waals surface area contributed by atoms with Crippen molar-refractivity contribution in [3.8, 4) is 11.5 Å². The quantitative estimate of drug-likeness (QED) is 0.384. The fourth-order valence-corrected chi connectivity index (χ4v) is 3.78. The molecule has 0 radical (unpaired) electrons. The number of hydrogen-bond donors (Lipinski definition) is 1. The van der Waals surface area contributed by atoms with Crippen molar-refractivity contribution in [2.24, 2.45) is 0 Å². The predicted molar refractivity (Wildman–Crippen MR) is 117 cm³/mol. The normalized spacial score (nSPS) is 15.5. The first-order chi connectivity index (χ1) is 18.1. The van der Waals surface area contributed by atoms with Gasteiger partial charge in [-0.05, 0) is 42.5 Å². The van der Waals surface area contributed by atoms with E-state index in [0.717, 1.165) is 12.1 Å². The summed E-state index contributed by atoms with van der Waals surface area (Å²) in [6.45, 7) is 0.908. The fourth-order valence-electron chi connectivity index (χ4n) is 3.78. The number of anilines is 1. The second-order valence-corrected chi connectivity index (χ2v) is 8.58. The first kappa shape index (κ1) is 28.2. The number of amides is 2. The molecule has 16 heteroatoms. The molecule has 7 nitrogen and oxygen atoms in total. The van der Waals surface area contributed by atoms with Gasteiger partial charge in [0.05, 0.1) is 23.2 Å². The smallest absolute Gasteiger partial charge is 0.334 e. The second kappa shape index (κ2) is 10.4. The lowest BCUT2D eigenvalue weighted by Crippen LogP contribution is -2.49. The number of carbonyl (C=O) groups excluding carboxylic acids is 1. The Bertz CT molecular complexity index is 1280. The fraction of sp³-hybridized carbons (Fsp3) is 0.348. The molecular weight excluding hydrogens is 549 g/mol. The number of rotatable bonds is 4. The number of benzene rings is 2. The summed E-state index contributed by atoms with van der Waals surface area (Å²) in [4.78, 5) is 19.7. The van der Waals surface area contributed by atoms with Gasteiger partial charge in [0.15, 0.2) is 5.82 Å². The number of nitrogens with one attached hydrogen (secondary N) is 1. The Balaban J connectivity index is 1.34. The second-order valence-electron chi connectivity index (χ2n) is 8.58. The van der Waals surface area contributed by atoms with Gasteiger partial charge in [-0.1, -0.05) is 5.16 Å². The van der Waals surface area contributed by atoms with Crippen molar-refractivity contribution in [2.75, 3.05) is 31.5 Å². The molecular formula is C23H18F9N5O2. The molecule has 2 heterocycles. The number of carbonyl (C=O) groups is 1. The van der Waals surface area contributed by atoms with Gasteiger partial charge < -0.3 is 14.7 Å². The lowest BCUT2D eigenvalue weighted by molar-refractivity contribution is -0.143. The molecule has 0 aliphatic carbocycles. The largest absolute Gasteiger partial charge is 0.416 e. The molecule has 39 heavy (non-hydrogen) atoms. The lowest BCUT2D eigenvalue weighted by Gasteiger charge is -2.34. The summed E-state index contributed by atoms with van der Waals surface area (Å²) < 4.78 is 122. The summed E-state index contributed by atoms with van der Waals surface area (Å²) in [5.41, 5.74) is -4.29. The topological polar surface area (TPSA) is 74.5 Å². The molecule has 3 aromatic rings. The highest BCUT2D eigenvalue weighted by atomic mass is 19.4. The van der Waals surface area contributed by atoms with Crippen LogP contribution in [0.15, 0.2) is 47.0 Å². The van der Waals surface area contributed by atoms with E-state index in [-0.39, 0.29) is 56.1 Å². The van der Waals surface area contributed by atoms with Gasteiger partial charge in [-0.15, -0.1) is 0 Å². The van der Waals surface area contributed by atoms with Gasteiger partial charge in [-0.3, -0.25) is 4.90 Å². The molecule has 0 spiro atoms. The van der Waals surface area contributed by atoms with Crippen molar-refractivity contribution in [1.82, 2.24) is 19.9 Å². The minimum atomic E-state index is -5.05. The van der Waals surface area contributed by atoms with Crippen molar-refractivity contribution in [1.29, 1.82) is 0 Å². The van der Waals surface area contributed by atoms with Crippen LogP contribution in [0.25, 0.3) is 11.5 Å². The third-order valence-electron chi connectivity index (χ3n) is 5.79. The highest BCUT2D eigenvalue weighted by molar-refractivity contribution is 5.89. The first-order valence-corrected chi connectivity index (χ1v) is 11.2. The molecule has 210 valence electrons. The van der Waals surface area contributed by atoms with Gasteiger partial charge in [-0.25, -0.2) is 4.79 Å². The zero-order valence-corrected chi connectivity index (χ0v) is 19.6. The summed E-state index contributed by atoms with van der Waals surface area (Å²) in [5, 5.41) is 5.89. The molecule has 1 N–H and O–H groups in total. The third-order valence-corrected chi connectivity index (χ3v) is 5.79. The highest BCUT2D eigenvalue weighted by Crippen LogP contribution is 2.37. The molecule has 0 saturated carbocycles. The van der Waals surface area contributed by atoms with Gasteiger partial charge in [0, 0.05) is 37.4 Å². The SMILES string of the molecule is O=C(Nc1cc(C(F)(F)F)cc(C(F)(F)F)c1)N1CCN(Cc2noc(-c3ccc(C(F)(F)F)cc3)n2)CC1. The number of alkyl halides is 9. The maximum Gasteiger partial charge on any atom is 0.416 e. The van der Waals surface area contributed by atoms with Crippen LogP contribution in [0.5, 0.6) is 0 Å². The molecule has 4 rings (SSSR count). The number of halogens is 9. The van der Waals surface area contributed by atoms with Crippen molar-refractivity contribution in [3.63, 3.8) is 0 Å². The van der Waals surface area contributed by atoms with Gasteiger partial charge in [0.2, 0.25) is 0 Å². The summed E-state index contributed by atoms with van der Waals surface area (Å²) in [5.74, 6) is 0.238. The van der Waals surface area contributed by atoms with Gasteiger partial charge in [0.25, 0.3) is 5.89 Å². The van der Waals surface area contributed by atoms with Crippen molar-refractivity contribution < 1.29 is 48.8 Å².